The molecule has 0 unspecified atom stereocenters. The number of aliphatic hydroxyl groups is 1. The van der Waals surface area contributed by atoms with E-state index in [-0.39, 0.29) is 17.5 Å². The number of fused-ring (bicyclic) bond motifs is 1. The van der Waals surface area contributed by atoms with Crippen LogP contribution >= 0.6 is 0 Å². The van der Waals surface area contributed by atoms with Crippen molar-refractivity contribution in [1.82, 2.24) is 19.7 Å². The Bertz CT molecular complexity index is 1430. The molecule has 9 heteroatoms. The molecule has 36 heavy (non-hydrogen) atoms. The summed E-state index contributed by atoms with van der Waals surface area (Å²) in [6, 6.07) is 7.26. The summed E-state index contributed by atoms with van der Waals surface area (Å²) in [6.07, 6.45) is 7.43. The number of aromatic nitrogens is 3. The number of nitrogens with zero attached hydrogens (tertiary/aromatic N) is 3. The molecule has 2 N–H and O–H groups in total. The number of methoxy groups -OCH3 is 1. The number of nitrogens with one attached hydrogen (secondary N) is 1. The van der Waals surface area contributed by atoms with Crippen molar-refractivity contribution in [2.45, 2.75) is 44.4 Å². The first-order valence-corrected chi connectivity index (χ1v) is 12.0. The SMILES string of the molecule is COc1ccc(F)c2c(C(=O)N[C@H]3CCCC[C@@H]3O)cn(Cc3ccc(-c4cnn(C)c4)cc3F)c12. The first-order chi connectivity index (χ1) is 17.4. The summed E-state index contributed by atoms with van der Waals surface area (Å²) >= 11 is 0. The van der Waals surface area contributed by atoms with Gasteiger partial charge >= 0.3 is 0 Å². The molecule has 5 rings (SSSR count). The van der Waals surface area contributed by atoms with E-state index in [4.69, 9.17) is 4.74 Å². The molecule has 1 aliphatic rings. The van der Waals surface area contributed by atoms with E-state index in [1.54, 1.807) is 40.8 Å². The van der Waals surface area contributed by atoms with Crippen LogP contribution in [0.5, 0.6) is 5.75 Å². The molecular weight excluding hydrogens is 466 g/mol. The zero-order valence-corrected chi connectivity index (χ0v) is 20.2. The average Bonchev–Trinajstić information content (AvgIpc) is 3.47. The van der Waals surface area contributed by atoms with Gasteiger partial charge in [-0.3, -0.25) is 9.48 Å². The molecule has 0 aliphatic heterocycles. The summed E-state index contributed by atoms with van der Waals surface area (Å²) in [5.74, 6) is -1.11. The van der Waals surface area contributed by atoms with Gasteiger partial charge in [-0.15, -0.1) is 0 Å². The molecule has 1 aliphatic carbocycles. The third-order valence-electron chi connectivity index (χ3n) is 6.87. The summed E-state index contributed by atoms with van der Waals surface area (Å²) in [4.78, 5) is 13.2. The molecule has 2 heterocycles. The molecule has 1 saturated carbocycles. The van der Waals surface area contributed by atoms with Gasteiger partial charge in [0.2, 0.25) is 0 Å². The Morgan fingerprint density at radius 1 is 1.14 bits per heavy atom. The zero-order chi connectivity index (χ0) is 25.4. The minimum Gasteiger partial charge on any atom is -0.495 e. The third kappa shape index (κ3) is 4.46. The first kappa shape index (κ1) is 24.0. The first-order valence-electron chi connectivity index (χ1n) is 12.0. The summed E-state index contributed by atoms with van der Waals surface area (Å²) < 4.78 is 39.0. The average molecular weight is 495 g/mol. The molecule has 1 fully saturated rings. The lowest BCUT2D eigenvalue weighted by Crippen LogP contribution is -2.45. The highest BCUT2D eigenvalue weighted by atomic mass is 19.1. The second-order valence-corrected chi connectivity index (χ2v) is 9.28. The van der Waals surface area contributed by atoms with Crippen LogP contribution in [0.1, 0.15) is 41.6 Å². The molecule has 2 atom stereocenters. The highest BCUT2D eigenvalue weighted by molar-refractivity contribution is 6.08. The van der Waals surface area contributed by atoms with Crippen LogP contribution in [-0.4, -0.2) is 44.6 Å². The van der Waals surface area contributed by atoms with E-state index in [0.717, 1.165) is 18.4 Å². The minimum absolute atomic E-state index is 0.0643. The Morgan fingerprint density at radius 2 is 1.94 bits per heavy atom. The lowest BCUT2D eigenvalue weighted by molar-refractivity contribution is 0.0718. The quantitative estimate of drug-likeness (QED) is 0.416. The van der Waals surface area contributed by atoms with Gasteiger partial charge in [0, 0.05) is 30.6 Å². The van der Waals surface area contributed by atoms with Crippen LogP contribution in [0.4, 0.5) is 8.78 Å². The van der Waals surface area contributed by atoms with Crippen LogP contribution in [0, 0.1) is 11.6 Å². The molecule has 2 aromatic heterocycles. The molecule has 188 valence electrons. The standard InChI is InChI=1S/C27H28F2N4O3/c1-32-13-18(12-30-32)16-7-8-17(21(29)11-16)14-33-15-19(25-20(28)9-10-24(36-2)26(25)33)27(35)31-22-5-3-4-6-23(22)34/h7-13,15,22-23,34H,3-6,14H2,1-2H3,(H,31,35)/t22-,23-/m0/s1. The molecule has 4 aromatic rings. The smallest absolute Gasteiger partial charge is 0.253 e. The Morgan fingerprint density at radius 3 is 2.64 bits per heavy atom. The Kier molecular flexibility index (Phi) is 6.49. The van der Waals surface area contributed by atoms with E-state index in [9.17, 15) is 9.90 Å². The van der Waals surface area contributed by atoms with Crippen molar-refractivity contribution in [3.63, 3.8) is 0 Å². The molecule has 0 bridgehead atoms. The number of aryl methyl sites for hydroxylation is 1. The third-order valence-corrected chi connectivity index (χ3v) is 6.87. The lowest BCUT2D eigenvalue weighted by Gasteiger charge is -2.28. The van der Waals surface area contributed by atoms with Gasteiger partial charge in [0.25, 0.3) is 5.91 Å². The van der Waals surface area contributed by atoms with E-state index in [2.05, 4.69) is 10.4 Å². The van der Waals surface area contributed by atoms with Crippen LogP contribution in [0.3, 0.4) is 0 Å². The van der Waals surface area contributed by atoms with Crippen molar-refractivity contribution in [3.8, 4) is 16.9 Å². The highest BCUT2D eigenvalue weighted by Crippen LogP contribution is 2.34. The number of benzene rings is 2. The minimum atomic E-state index is -0.636. The number of hydrogen-bond acceptors (Lipinski definition) is 4. The van der Waals surface area contributed by atoms with Crippen LogP contribution in [-0.2, 0) is 13.6 Å². The number of halogens is 2. The summed E-state index contributed by atoms with van der Waals surface area (Å²) in [6.45, 7) is 0.0643. The molecular formula is C27H28F2N4O3. The number of carbonyl (C=O) groups is 1. The summed E-state index contributed by atoms with van der Waals surface area (Å²) in [7, 11) is 3.26. The van der Waals surface area contributed by atoms with Gasteiger partial charge in [-0.1, -0.05) is 25.0 Å². The molecule has 1 amide bonds. The van der Waals surface area contributed by atoms with Gasteiger partial charge in [-0.2, -0.15) is 5.10 Å². The topological polar surface area (TPSA) is 81.3 Å². The van der Waals surface area contributed by atoms with Gasteiger partial charge in [-0.25, -0.2) is 8.78 Å². The Hall–Kier alpha value is -3.72. The van der Waals surface area contributed by atoms with E-state index in [1.165, 1.54) is 31.5 Å². The zero-order valence-electron chi connectivity index (χ0n) is 20.2. The predicted molar refractivity (Wildman–Crippen MR) is 132 cm³/mol. The van der Waals surface area contributed by atoms with Crippen molar-refractivity contribution in [1.29, 1.82) is 0 Å². The van der Waals surface area contributed by atoms with Crippen LogP contribution in [0.15, 0.2) is 48.9 Å². The maximum Gasteiger partial charge on any atom is 0.253 e. The Labute approximate surface area is 207 Å². The van der Waals surface area contributed by atoms with Crippen molar-refractivity contribution >= 4 is 16.8 Å². The van der Waals surface area contributed by atoms with Crippen molar-refractivity contribution in [2.24, 2.45) is 7.05 Å². The fraction of sp³-hybridized carbons (Fsp3) is 0.333. The fourth-order valence-electron chi connectivity index (χ4n) is 4.97. The number of amides is 1. The highest BCUT2D eigenvalue weighted by Gasteiger charge is 2.28. The maximum atomic E-state index is 15.2. The molecule has 0 saturated heterocycles. The summed E-state index contributed by atoms with van der Waals surface area (Å²) in [5.41, 5.74) is 2.34. The molecule has 0 spiro atoms. The van der Waals surface area contributed by atoms with Gasteiger partial charge in [0.15, 0.2) is 0 Å². The van der Waals surface area contributed by atoms with Crippen molar-refractivity contribution in [2.75, 3.05) is 7.11 Å². The summed E-state index contributed by atoms with van der Waals surface area (Å²) in [5, 5.41) is 17.4. The number of rotatable bonds is 6. The van der Waals surface area contributed by atoms with Crippen LogP contribution in [0.25, 0.3) is 22.0 Å². The van der Waals surface area contributed by atoms with Crippen molar-refractivity contribution in [3.05, 3.63) is 71.7 Å². The number of ether oxygens (including phenoxy) is 1. The van der Waals surface area contributed by atoms with Crippen LogP contribution < -0.4 is 10.1 Å². The van der Waals surface area contributed by atoms with Crippen molar-refractivity contribution < 1.29 is 23.4 Å². The second-order valence-electron chi connectivity index (χ2n) is 9.28. The number of aliphatic hydroxyl groups excluding tert-OH is 1. The maximum absolute atomic E-state index is 15.2. The lowest BCUT2D eigenvalue weighted by atomic mass is 9.92. The van der Waals surface area contributed by atoms with Gasteiger partial charge in [0.05, 0.1) is 48.5 Å². The predicted octanol–water partition coefficient (Wildman–Crippen LogP) is 4.41. The second kappa shape index (κ2) is 9.73. The number of hydrogen-bond donors (Lipinski definition) is 2. The number of carbonyl (C=O) groups excluding carboxylic acids is 1. The monoisotopic (exact) mass is 494 g/mol. The Balaban J connectivity index is 1.52. The van der Waals surface area contributed by atoms with Crippen LogP contribution in [0.2, 0.25) is 0 Å². The molecule has 0 radical (unpaired) electrons. The fourth-order valence-corrected chi connectivity index (χ4v) is 4.97. The largest absolute Gasteiger partial charge is 0.495 e. The molecule has 2 aromatic carbocycles. The van der Waals surface area contributed by atoms with E-state index in [0.29, 0.717) is 35.2 Å². The van der Waals surface area contributed by atoms with E-state index < -0.39 is 29.7 Å². The van der Waals surface area contributed by atoms with Gasteiger partial charge in [-0.05, 0) is 36.6 Å². The van der Waals surface area contributed by atoms with E-state index in [1.807, 2.05) is 0 Å². The van der Waals surface area contributed by atoms with Gasteiger partial charge in [0.1, 0.15) is 17.4 Å². The molecule has 7 nitrogen and oxygen atoms in total. The van der Waals surface area contributed by atoms with Gasteiger partial charge < -0.3 is 19.7 Å². The van der Waals surface area contributed by atoms with E-state index >= 15 is 8.78 Å². The normalized spacial score (nSPS) is 17.9.